The zero-order chi connectivity index (χ0) is 13.0. The zero-order valence-electron chi connectivity index (χ0n) is 8.21. The second kappa shape index (κ2) is 5.21. The first-order valence-electron chi connectivity index (χ1n) is 4.21. The molecule has 1 amide bonds. The van der Waals surface area contributed by atoms with E-state index in [1.165, 1.54) is 0 Å². The fourth-order valence-corrected chi connectivity index (χ4v) is 1.16. The summed E-state index contributed by atoms with van der Waals surface area (Å²) in [6.45, 7) is -0.643. The number of carbonyl (C=O) groups is 2. The third kappa shape index (κ3) is 3.38. The molecule has 1 aromatic rings. The number of carboxylic acids is 1. The number of pyridine rings is 1. The first kappa shape index (κ1) is 12.8. The summed E-state index contributed by atoms with van der Waals surface area (Å²) in [5, 5.41) is 20.8. The summed E-state index contributed by atoms with van der Waals surface area (Å²) in [6, 6.07) is 0.997. The molecule has 0 aromatic carbocycles. The first-order valence-corrected chi connectivity index (χ1v) is 4.59. The number of amides is 1. The largest absolute Gasteiger partial charge is 0.480 e. The molecule has 0 spiro atoms. The van der Waals surface area contributed by atoms with Crippen molar-refractivity contribution >= 4 is 29.2 Å². The van der Waals surface area contributed by atoms with Crippen molar-refractivity contribution in [2.45, 2.75) is 0 Å². The average molecular weight is 260 g/mol. The van der Waals surface area contributed by atoms with E-state index in [4.69, 9.17) is 16.7 Å². The number of rotatable bonds is 4. The number of carboxylic acid groups (broad SMARTS) is 1. The van der Waals surface area contributed by atoms with Gasteiger partial charge in [0.05, 0.1) is 4.92 Å². The number of nitrogens with zero attached hydrogens (tertiary/aromatic N) is 2. The van der Waals surface area contributed by atoms with Crippen LogP contribution >= 0.6 is 11.6 Å². The van der Waals surface area contributed by atoms with Crippen molar-refractivity contribution in [1.29, 1.82) is 0 Å². The van der Waals surface area contributed by atoms with Crippen LogP contribution in [0.2, 0.25) is 5.15 Å². The van der Waals surface area contributed by atoms with Crippen LogP contribution in [0.1, 0.15) is 10.4 Å². The van der Waals surface area contributed by atoms with Gasteiger partial charge in [-0.15, -0.1) is 0 Å². The van der Waals surface area contributed by atoms with Gasteiger partial charge < -0.3 is 10.4 Å². The maximum absolute atomic E-state index is 11.5. The van der Waals surface area contributed by atoms with Crippen LogP contribution in [0.3, 0.4) is 0 Å². The lowest BCUT2D eigenvalue weighted by Crippen LogP contribution is -2.29. The Hall–Kier alpha value is -2.22. The van der Waals surface area contributed by atoms with E-state index in [1.54, 1.807) is 0 Å². The molecule has 90 valence electrons. The molecule has 0 aliphatic rings. The number of nitrogens with one attached hydrogen (secondary N) is 1. The van der Waals surface area contributed by atoms with E-state index in [9.17, 15) is 19.7 Å². The molecular weight excluding hydrogens is 254 g/mol. The van der Waals surface area contributed by atoms with Crippen molar-refractivity contribution < 1.29 is 19.6 Å². The van der Waals surface area contributed by atoms with Gasteiger partial charge in [0.25, 0.3) is 11.6 Å². The minimum Gasteiger partial charge on any atom is -0.480 e. The molecule has 9 heteroatoms. The highest BCUT2D eigenvalue weighted by molar-refractivity contribution is 6.29. The summed E-state index contributed by atoms with van der Waals surface area (Å²) < 4.78 is 0. The van der Waals surface area contributed by atoms with Gasteiger partial charge in [-0.05, 0) is 6.07 Å². The Morgan fingerprint density at radius 3 is 2.76 bits per heavy atom. The molecule has 0 radical (unpaired) electrons. The minimum absolute atomic E-state index is 0.101. The lowest BCUT2D eigenvalue weighted by atomic mass is 10.2. The maximum atomic E-state index is 11.5. The number of hydrogen-bond acceptors (Lipinski definition) is 5. The SMILES string of the molecule is O=C(O)CNC(=O)c1cc(Cl)ncc1[N+](=O)[O-]. The number of hydrogen-bond donors (Lipinski definition) is 2. The second-order valence-electron chi connectivity index (χ2n) is 2.86. The molecule has 0 aliphatic heterocycles. The van der Waals surface area contributed by atoms with Crippen molar-refractivity contribution in [2.24, 2.45) is 0 Å². The molecule has 0 saturated carbocycles. The van der Waals surface area contributed by atoms with Gasteiger partial charge in [-0.25, -0.2) is 4.98 Å². The molecule has 8 nitrogen and oxygen atoms in total. The molecule has 17 heavy (non-hydrogen) atoms. The van der Waals surface area contributed by atoms with Gasteiger partial charge in [-0.2, -0.15) is 0 Å². The van der Waals surface area contributed by atoms with Crippen LogP contribution in [0.25, 0.3) is 0 Å². The highest BCUT2D eigenvalue weighted by atomic mass is 35.5. The maximum Gasteiger partial charge on any atom is 0.322 e. The molecule has 0 saturated heterocycles. The van der Waals surface area contributed by atoms with Gasteiger partial charge in [0.1, 0.15) is 23.5 Å². The Kier molecular flexibility index (Phi) is 3.94. The summed E-state index contributed by atoms with van der Waals surface area (Å²) in [7, 11) is 0. The molecule has 0 unspecified atom stereocenters. The number of carbonyl (C=O) groups excluding carboxylic acids is 1. The van der Waals surface area contributed by atoms with Crippen LogP contribution in [0, 0.1) is 10.1 Å². The van der Waals surface area contributed by atoms with E-state index in [0.717, 1.165) is 12.3 Å². The van der Waals surface area contributed by atoms with Gasteiger partial charge in [-0.1, -0.05) is 11.6 Å². The standard InChI is InChI=1S/C8H6ClN3O5/c9-6-1-4(5(2-10-6)12(16)17)8(15)11-3-7(13)14/h1-2H,3H2,(H,11,15)(H,13,14). The molecule has 1 heterocycles. The van der Waals surface area contributed by atoms with Gasteiger partial charge in [0.2, 0.25) is 0 Å². The van der Waals surface area contributed by atoms with E-state index in [1.807, 2.05) is 5.32 Å². The quantitative estimate of drug-likeness (QED) is 0.460. The van der Waals surface area contributed by atoms with Gasteiger partial charge >= 0.3 is 5.97 Å². The highest BCUT2D eigenvalue weighted by Gasteiger charge is 2.21. The van der Waals surface area contributed by atoms with E-state index in [-0.39, 0.29) is 10.7 Å². The predicted molar refractivity (Wildman–Crippen MR) is 55.9 cm³/mol. The Morgan fingerprint density at radius 2 is 2.24 bits per heavy atom. The molecule has 1 rings (SSSR count). The predicted octanol–water partition coefficient (Wildman–Crippen LogP) is 0.458. The molecule has 0 atom stereocenters. The number of nitro groups is 1. The molecular formula is C8H6ClN3O5. The Morgan fingerprint density at radius 1 is 1.59 bits per heavy atom. The summed E-state index contributed by atoms with van der Waals surface area (Å²) in [5.74, 6) is -2.16. The Balaban J connectivity index is 3.02. The van der Waals surface area contributed by atoms with Crippen LogP contribution in [-0.2, 0) is 4.79 Å². The van der Waals surface area contributed by atoms with E-state index in [0.29, 0.717) is 0 Å². The molecule has 2 N–H and O–H groups in total. The van der Waals surface area contributed by atoms with Crippen LogP contribution in [0.15, 0.2) is 12.3 Å². The zero-order valence-corrected chi connectivity index (χ0v) is 8.97. The summed E-state index contributed by atoms with van der Waals surface area (Å²) in [4.78, 5) is 35.0. The average Bonchev–Trinajstić information content (AvgIpc) is 2.25. The van der Waals surface area contributed by atoms with E-state index < -0.39 is 29.0 Å². The highest BCUT2D eigenvalue weighted by Crippen LogP contribution is 2.19. The topological polar surface area (TPSA) is 122 Å². The smallest absolute Gasteiger partial charge is 0.322 e. The molecule has 1 aromatic heterocycles. The second-order valence-corrected chi connectivity index (χ2v) is 3.24. The van der Waals surface area contributed by atoms with Crippen molar-refractivity contribution in [3.8, 4) is 0 Å². The minimum atomic E-state index is -1.26. The van der Waals surface area contributed by atoms with Crippen LogP contribution in [0.4, 0.5) is 5.69 Å². The fraction of sp³-hybridized carbons (Fsp3) is 0.125. The number of aliphatic carboxylic acids is 1. The number of aromatic nitrogens is 1. The third-order valence-corrected chi connectivity index (χ3v) is 1.90. The van der Waals surface area contributed by atoms with E-state index in [2.05, 4.69) is 4.98 Å². The van der Waals surface area contributed by atoms with Crippen molar-refractivity contribution in [3.05, 3.63) is 33.1 Å². The van der Waals surface area contributed by atoms with Crippen LogP contribution in [-0.4, -0.2) is 33.4 Å². The Bertz CT molecular complexity index is 490. The van der Waals surface area contributed by atoms with Crippen molar-refractivity contribution in [3.63, 3.8) is 0 Å². The number of halogens is 1. The normalized spacial score (nSPS) is 9.71. The first-order chi connectivity index (χ1) is 7.91. The van der Waals surface area contributed by atoms with Crippen molar-refractivity contribution in [1.82, 2.24) is 10.3 Å². The monoisotopic (exact) mass is 259 g/mol. The Labute approximate surface area is 99.4 Å². The third-order valence-electron chi connectivity index (χ3n) is 1.69. The van der Waals surface area contributed by atoms with Gasteiger partial charge in [-0.3, -0.25) is 19.7 Å². The molecule has 0 bridgehead atoms. The van der Waals surface area contributed by atoms with Crippen LogP contribution in [0.5, 0.6) is 0 Å². The summed E-state index contributed by atoms with van der Waals surface area (Å²) >= 11 is 5.50. The van der Waals surface area contributed by atoms with Gasteiger partial charge in [0.15, 0.2) is 0 Å². The van der Waals surface area contributed by atoms with Crippen LogP contribution < -0.4 is 5.32 Å². The van der Waals surface area contributed by atoms with Gasteiger partial charge in [0, 0.05) is 0 Å². The summed E-state index contributed by atoms with van der Waals surface area (Å²) in [6.07, 6.45) is 0.831. The lowest BCUT2D eigenvalue weighted by molar-refractivity contribution is -0.385. The fourth-order valence-electron chi connectivity index (χ4n) is 1.00. The van der Waals surface area contributed by atoms with E-state index >= 15 is 0 Å². The molecule has 0 aliphatic carbocycles. The summed E-state index contributed by atoms with van der Waals surface area (Å²) in [5.41, 5.74) is -0.881. The lowest BCUT2D eigenvalue weighted by Gasteiger charge is -2.03. The van der Waals surface area contributed by atoms with Crippen molar-refractivity contribution in [2.75, 3.05) is 6.54 Å². The molecule has 0 fully saturated rings.